The van der Waals surface area contributed by atoms with E-state index in [0.29, 0.717) is 25.6 Å². The Morgan fingerprint density at radius 2 is 1.95 bits per heavy atom. The Morgan fingerprint density at radius 1 is 1.24 bits per heavy atom. The SMILES string of the molecule is CCNc1nc(OCC(F)(F)F)nc(N2CCNCC2)n1. The van der Waals surface area contributed by atoms with Crippen LogP contribution in [0.25, 0.3) is 0 Å². The van der Waals surface area contributed by atoms with E-state index in [1.54, 1.807) is 0 Å². The molecule has 0 unspecified atom stereocenters. The number of nitrogens with one attached hydrogen (secondary N) is 2. The second kappa shape index (κ2) is 6.74. The minimum Gasteiger partial charge on any atom is -0.454 e. The van der Waals surface area contributed by atoms with E-state index in [4.69, 9.17) is 0 Å². The lowest BCUT2D eigenvalue weighted by Gasteiger charge is -2.27. The molecule has 1 aliphatic heterocycles. The number of rotatable bonds is 5. The lowest BCUT2D eigenvalue weighted by atomic mass is 10.4. The molecule has 0 radical (unpaired) electrons. The molecule has 1 aromatic rings. The number of nitrogens with zero attached hydrogens (tertiary/aromatic N) is 4. The molecule has 1 saturated heterocycles. The number of anilines is 2. The molecule has 7 nitrogen and oxygen atoms in total. The van der Waals surface area contributed by atoms with Crippen LogP contribution in [0.1, 0.15) is 6.92 Å². The Hall–Kier alpha value is -1.84. The molecule has 2 N–H and O–H groups in total. The van der Waals surface area contributed by atoms with Gasteiger partial charge in [0.05, 0.1) is 0 Å². The normalized spacial score (nSPS) is 15.9. The van der Waals surface area contributed by atoms with Gasteiger partial charge in [-0.25, -0.2) is 0 Å². The fourth-order valence-corrected chi connectivity index (χ4v) is 1.80. The highest BCUT2D eigenvalue weighted by atomic mass is 19.4. The van der Waals surface area contributed by atoms with Crippen LogP contribution in [0.4, 0.5) is 25.1 Å². The van der Waals surface area contributed by atoms with E-state index >= 15 is 0 Å². The highest BCUT2D eigenvalue weighted by molar-refractivity contribution is 5.38. The number of ether oxygens (including phenoxy) is 1. The van der Waals surface area contributed by atoms with Gasteiger partial charge in [-0.2, -0.15) is 28.1 Å². The summed E-state index contributed by atoms with van der Waals surface area (Å²) in [5, 5.41) is 6.03. The first-order valence-electron chi connectivity index (χ1n) is 6.63. The lowest BCUT2D eigenvalue weighted by molar-refractivity contribution is -0.154. The maximum absolute atomic E-state index is 12.2. The van der Waals surface area contributed by atoms with E-state index in [-0.39, 0.29) is 12.0 Å². The maximum Gasteiger partial charge on any atom is 0.422 e. The van der Waals surface area contributed by atoms with Crippen LogP contribution in [-0.4, -0.2) is 60.5 Å². The first-order chi connectivity index (χ1) is 9.98. The molecule has 1 fully saturated rings. The number of hydrogen-bond acceptors (Lipinski definition) is 7. The lowest BCUT2D eigenvalue weighted by Crippen LogP contribution is -2.44. The number of alkyl halides is 3. The summed E-state index contributed by atoms with van der Waals surface area (Å²) < 4.78 is 41.3. The first kappa shape index (κ1) is 15.5. The van der Waals surface area contributed by atoms with Gasteiger partial charge in [0.1, 0.15) is 0 Å². The average molecular weight is 306 g/mol. The molecule has 0 saturated carbocycles. The Labute approximate surface area is 119 Å². The number of hydrogen-bond donors (Lipinski definition) is 2. The predicted octanol–water partition coefficient (Wildman–Crippen LogP) is 0.654. The number of halogens is 3. The van der Waals surface area contributed by atoms with Gasteiger partial charge in [-0.3, -0.25) is 0 Å². The van der Waals surface area contributed by atoms with E-state index < -0.39 is 12.8 Å². The van der Waals surface area contributed by atoms with Gasteiger partial charge < -0.3 is 20.3 Å². The van der Waals surface area contributed by atoms with Crippen LogP contribution in [0.15, 0.2) is 0 Å². The topological polar surface area (TPSA) is 75.2 Å². The smallest absolute Gasteiger partial charge is 0.422 e. The monoisotopic (exact) mass is 306 g/mol. The quantitative estimate of drug-likeness (QED) is 0.827. The summed E-state index contributed by atoms with van der Waals surface area (Å²) >= 11 is 0. The Morgan fingerprint density at radius 3 is 2.57 bits per heavy atom. The molecule has 0 aliphatic carbocycles. The van der Waals surface area contributed by atoms with E-state index in [0.717, 1.165) is 13.1 Å². The molecule has 2 rings (SSSR count). The minimum absolute atomic E-state index is 0.207. The summed E-state index contributed by atoms with van der Waals surface area (Å²) in [7, 11) is 0. The van der Waals surface area contributed by atoms with Crippen molar-refractivity contribution in [2.75, 3.05) is 49.5 Å². The maximum atomic E-state index is 12.2. The van der Waals surface area contributed by atoms with Gasteiger partial charge in [0.15, 0.2) is 6.61 Å². The van der Waals surface area contributed by atoms with Gasteiger partial charge in [0, 0.05) is 32.7 Å². The summed E-state index contributed by atoms with van der Waals surface area (Å²) in [6.45, 7) is 3.84. The van der Waals surface area contributed by atoms with E-state index in [1.807, 2.05) is 11.8 Å². The van der Waals surface area contributed by atoms with Crippen molar-refractivity contribution in [3.8, 4) is 6.01 Å². The molecule has 1 aliphatic rings. The standard InChI is InChI=1S/C11H17F3N6O/c1-2-16-8-17-9(20-5-3-15-4-6-20)19-10(18-8)21-7-11(12,13)14/h15H,2-7H2,1H3,(H,16,17,18,19). The van der Waals surface area contributed by atoms with Gasteiger partial charge >= 0.3 is 12.2 Å². The molecule has 118 valence electrons. The van der Waals surface area contributed by atoms with Crippen molar-refractivity contribution >= 4 is 11.9 Å². The van der Waals surface area contributed by atoms with Crippen LogP contribution in [-0.2, 0) is 0 Å². The molecule has 0 amide bonds. The van der Waals surface area contributed by atoms with Crippen molar-refractivity contribution in [1.82, 2.24) is 20.3 Å². The highest BCUT2D eigenvalue weighted by Gasteiger charge is 2.29. The second-order valence-corrected chi connectivity index (χ2v) is 4.41. The largest absolute Gasteiger partial charge is 0.454 e. The summed E-state index contributed by atoms with van der Waals surface area (Å²) in [6, 6.07) is -0.327. The molecule has 0 spiro atoms. The summed E-state index contributed by atoms with van der Waals surface area (Å²) in [4.78, 5) is 13.8. The summed E-state index contributed by atoms with van der Waals surface area (Å²) in [5.41, 5.74) is 0. The third-order valence-corrected chi connectivity index (χ3v) is 2.70. The van der Waals surface area contributed by atoms with Crippen LogP contribution >= 0.6 is 0 Å². The highest BCUT2D eigenvalue weighted by Crippen LogP contribution is 2.19. The zero-order valence-electron chi connectivity index (χ0n) is 11.6. The van der Waals surface area contributed by atoms with E-state index in [1.165, 1.54) is 0 Å². The number of aromatic nitrogens is 3. The van der Waals surface area contributed by atoms with Gasteiger partial charge in [-0.1, -0.05) is 0 Å². The summed E-state index contributed by atoms with van der Waals surface area (Å²) in [6.07, 6.45) is -4.43. The van der Waals surface area contributed by atoms with Gasteiger partial charge in [-0.05, 0) is 6.92 Å². The third kappa shape index (κ3) is 4.88. The molecule has 2 heterocycles. The van der Waals surface area contributed by atoms with Crippen LogP contribution < -0.4 is 20.3 Å². The van der Waals surface area contributed by atoms with Crippen molar-refractivity contribution in [3.05, 3.63) is 0 Å². The number of piperazine rings is 1. The molecular formula is C11H17F3N6O. The molecule has 1 aromatic heterocycles. The van der Waals surface area contributed by atoms with Crippen molar-refractivity contribution in [2.45, 2.75) is 13.1 Å². The van der Waals surface area contributed by atoms with Crippen molar-refractivity contribution < 1.29 is 17.9 Å². The molecule has 0 aromatic carbocycles. The Balaban J connectivity index is 2.16. The molecule has 21 heavy (non-hydrogen) atoms. The predicted molar refractivity (Wildman–Crippen MR) is 70.6 cm³/mol. The van der Waals surface area contributed by atoms with Crippen LogP contribution in [0.5, 0.6) is 6.01 Å². The first-order valence-corrected chi connectivity index (χ1v) is 6.63. The summed E-state index contributed by atoms with van der Waals surface area (Å²) in [5.74, 6) is 0.526. The second-order valence-electron chi connectivity index (χ2n) is 4.41. The van der Waals surface area contributed by atoms with Crippen LogP contribution in [0.2, 0.25) is 0 Å². The van der Waals surface area contributed by atoms with Crippen molar-refractivity contribution in [1.29, 1.82) is 0 Å². The van der Waals surface area contributed by atoms with E-state index in [2.05, 4.69) is 30.3 Å². The third-order valence-electron chi connectivity index (χ3n) is 2.70. The van der Waals surface area contributed by atoms with E-state index in [9.17, 15) is 13.2 Å². The van der Waals surface area contributed by atoms with Crippen molar-refractivity contribution in [3.63, 3.8) is 0 Å². The molecular weight excluding hydrogens is 289 g/mol. The molecule has 0 bridgehead atoms. The fourth-order valence-electron chi connectivity index (χ4n) is 1.80. The van der Waals surface area contributed by atoms with Crippen LogP contribution in [0, 0.1) is 0 Å². The van der Waals surface area contributed by atoms with Gasteiger partial charge in [-0.15, -0.1) is 0 Å². The zero-order valence-corrected chi connectivity index (χ0v) is 11.6. The Kier molecular flexibility index (Phi) is 4.99. The molecule has 0 atom stereocenters. The van der Waals surface area contributed by atoms with Gasteiger partial charge in [0.2, 0.25) is 11.9 Å². The minimum atomic E-state index is -4.43. The average Bonchev–Trinajstić information content (AvgIpc) is 2.46. The zero-order chi connectivity index (χ0) is 15.3. The van der Waals surface area contributed by atoms with Gasteiger partial charge in [0.25, 0.3) is 0 Å². The Bertz CT molecular complexity index is 464. The molecule has 10 heteroatoms. The fraction of sp³-hybridized carbons (Fsp3) is 0.727. The van der Waals surface area contributed by atoms with Crippen LogP contribution in [0.3, 0.4) is 0 Å². The van der Waals surface area contributed by atoms with Crippen molar-refractivity contribution in [2.24, 2.45) is 0 Å².